The molecule has 0 radical (unpaired) electrons. The van der Waals surface area contributed by atoms with E-state index in [9.17, 15) is 4.79 Å². The van der Waals surface area contributed by atoms with E-state index < -0.39 is 0 Å². The van der Waals surface area contributed by atoms with Crippen molar-refractivity contribution in [1.82, 2.24) is 9.78 Å². The molecule has 0 aliphatic carbocycles. The second-order valence-electron chi connectivity index (χ2n) is 4.73. The summed E-state index contributed by atoms with van der Waals surface area (Å²) in [7, 11) is 1.72. The van der Waals surface area contributed by atoms with E-state index in [1.807, 2.05) is 25.1 Å². The van der Waals surface area contributed by atoms with Crippen LogP contribution in [-0.4, -0.2) is 22.2 Å². The molecular formula is C16H16BrClN2O2. The van der Waals surface area contributed by atoms with E-state index in [0.29, 0.717) is 11.6 Å². The Kier molecular flexibility index (Phi) is 5.80. The smallest absolute Gasteiger partial charge is 0.207 e. The van der Waals surface area contributed by atoms with Gasteiger partial charge in [0.15, 0.2) is 5.69 Å². The highest BCUT2D eigenvalue weighted by atomic mass is 79.9. The van der Waals surface area contributed by atoms with Crippen LogP contribution in [0, 0.1) is 0 Å². The number of hydrogen-bond acceptors (Lipinski definition) is 3. The van der Waals surface area contributed by atoms with Crippen molar-refractivity contribution in [2.45, 2.75) is 13.3 Å². The third kappa shape index (κ3) is 4.21. The van der Waals surface area contributed by atoms with Crippen LogP contribution in [0.25, 0.3) is 6.08 Å². The number of ketones is 1. The number of allylic oxidation sites excluding steroid dienone is 1. The number of hydrogen-bond donors (Lipinski definition) is 0. The van der Waals surface area contributed by atoms with Crippen LogP contribution in [0.3, 0.4) is 0 Å². The van der Waals surface area contributed by atoms with Gasteiger partial charge in [-0.2, -0.15) is 5.10 Å². The topological polar surface area (TPSA) is 44.1 Å². The van der Waals surface area contributed by atoms with E-state index in [1.165, 1.54) is 10.8 Å². The minimum atomic E-state index is -0.244. The predicted octanol–water partition coefficient (Wildman–Crippen LogP) is 4.52. The molecule has 1 aromatic heterocycles. The molecule has 0 aliphatic rings. The van der Waals surface area contributed by atoms with Crippen molar-refractivity contribution in [2.24, 2.45) is 7.05 Å². The molecule has 0 N–H and O–H groups in total. The van der Waals surface area contributed by atoms with Gasteiger partial charge >= 0.3 is 0 Å². The summed E-state index contributed by atoms with van der Waals surface area (Å²) in [6.45, 7) is 2.67. The monoisotopic (exact) mass is 382 g/mol. The SMILES string of the molecule is CCCOc1ccc(Br)cc1/C=C/C(=O)c1nn(C)cc1Cl. The van der Waals surface area contributed by atoms with Gasteiger partial charge in [0, 0.05) is 23.3 Å². The summed E-state index contributed by atoms with van der Waals surface area (Å²) in [6.07, 6.45) is 5.68. The summed E-state index contributed by atoms with van der Waals surface area (Å²) in [6, 6.07) is 5.67. The molecule has 0 saturated heterocycles. The molecule has 1 heterocycles. The molecular weight excluding hydrogens is 368 g/mol. The summed E-state index contributed by atoms with van der Waals surface area (Å²) in [4.78, 5) is 12.2. The predicted molar refractivity (Wildman–Crippen MR) is 91.5 cm³/mol. The minimum Gasteiger partial charge on any atom is -0.493 e. The Morgan fingerprint density at radius 2 is 2.27 bits per heavy atom. The summed E-state index contributed by atoms with van der Waals surface area (Å²) in [5.74, 6) is 0.494. The number of carbonyl (C=O) groups is 1. The Morgan fingerprint density at radius 3 is 2.91 bits per heavy atom. The van der Waals surface area contributed by atoms with Crippen molar-refractivity contribution in [2.75, 3.05) is 6.61 Å². The molecule has 0 atom stereocenters. The van der Waals surface area contributed by atoms with Gasteiger partial charge in [-0.3, -0.25) is 9.48 Å². The average Bonchev–Trinajstić information content (AvgIpc) is 2.82. The fraction of sp³-hybridized carbons (Fsp3) is 0.250. The van der Waals surface area contributed by atoms with E-state index in [2.05, 4.69) is 21.0 Å². The van der Waals surface area contributed by atoms with Gasteiger partial charge < -0.3 is 4.74 Å². The van der Waals surface area contributed by atoms with Crippen molar-refractivity contribution in [3.63, 3.8) is 0 Å². The fourth-order valence-corrected chi connectivity index (χ4v) is 2.51. The van der Waals surface area contributed by atoms with Crippen LogP contribution >= 0.6 is 27.5 Å². The van der Waals surface area contributed by atoms with Crippen molar-refractivity contribution in [3.8, 4) is 5.75 Å². The first kappa shape index (κ1) is 16.8. The fourth-order valence-electron chi connectivity index (χ4n) is 1.86. The first-order valence-corrected chi connectivity index (χ1v) is 8.02. The highest BCUT2D eigenvalue weighted by Gasteiger charge is 2.12. The summed E-state index contributed by atoms with van der Waals surface area (Å²) >= 11 is 9.40. The molecule has 22 heavy (non-hydrogen) atoms. The van der Waals surface area contributed by atoms with E-state index in [0.717, 1.165) is 22.2 Å². The zero-order valence-corrected chi connectivity index (χ0v) is 14.7. The normalized spacial score (nSPS) is 11.1. The minimum absolute atomic E-state index is 0.242. The van der Waals surface area contributed by atoms with Crippen LogP contribution in [0.2, 0.25) is 5.02 Å². The van der Waals surface area contributed by atoms with Gasteiger partial charge in [0.2, 0.25) is 5.78 Å². The summed E-state index contributed by atoms with van der Waals surface area (Å²) in [5, 5.41) is 4.40. The lowest BCUT2D eigenvalue weighted by atomic mass is 10.1. The van der Waals surface area contributed by atoms with E-state index in [1.54, 1.807) is 19.3 Å². The van der Waals surface area contributed by atoms with Gasteiger partial charge in [-0.05, 0) is 36.8 Å². The van der Waals surface area contributed by atoms with Crippen LogP contribution in [0.1, 0.15) is 29.4 Å². The number of rotatable bonds is 6. The van der Waals surface area contributed by atoms with Gasteiger partial charge in [-0.1, -0.05) is 34.5 Å². The molecule has 6 heteroatoms. The maximum atomic E-state index is 12.2. The molecule has 0 spiro atoms. The molecule has 0 bridgehead atoms. The zero-order chi connectivity index (χ0) is 16.1. The number of ether oxygens (including phenoxy) is 1. The van der Waals surface area contributed by atoms with Crippen LogP contribution in [0.4, 0.5) is 0 Å². The largest absolute Gasteiger partial charge is 0.493 e. The maximum Gasteiger partial charge on any atom is 0.207 e. The lowest BCUT2D eigenvalue weighted by Gasteiger charge is -2.08. The molecule has 0 unspecified atom stereocenters. The molecule has 0 aliphatic heterocycles. The number of carbonyl (C=O) groups excluding carboxylic acids is 1. The number of benzene rings is 1. The number of nitrogens with zero attached hydrogens (tertiary/aromatic N) is 2. The number of aryl methyl sites for hydroxylation is 1. The highest BCUT2D eigenvalue weighted by molar-refractivity contribution is 9.10. The Bertz CT molecular complexity index is 710. The Balaban J connectivity index is 2.23. The molecule has 0 fully saturated rings. The Labute approximate surface area is 142 Å². The quantitative estimate of drug-likeness (QED) is 0.544. The Hall–Kier alpha value is -1.59. The van der Waals surface area contributed by atoms with Gasteiger partial charge in [-0.15, -0.1) is 0 Å². The molecule has 4 nitrogen and oxygen atoms in total. The molecule has 0 saturated carbocycles. The van der Waals surface area contributed by atoms with E-state index in [-0.39, 0.29) is 11.5 Å². The van der Waals surface area contributed by atoms with Gasteiger partial charge in [0.05, 0.1) is 11.6 Å². The third-order valence-electron chi connectivity index (χ3n) is 2.87. The Morgan fingerprint density at radius 1 is 1.50 bits per heavy atom. The maximum absolute atomic E-state index is 12.2. The lowest BCUT2D eigenvalue weighted by Crippen LogP contribution is -1.99. The average molecular weight is 384 g/mol. The summed E-state index contributed by atoms with van der Waals surface area (Å²) < 4.78 is 8.11. The second kappa shape index (κ2) is 7.61. The first-order chi connectivity index (χ1) is 10.5. The van der Waals surface area contributed by atoms with E-state index in [4.69, 9.17) is 16.3 Å². The number of aromatic nitrogens is 2. The van der Waals surface area contributed by atoms with Crippen molar-refractivity contribution in [1.29, 1.82) is 0 Å². The standard InChI is InChI=1S/C16H16BrClN2O2/c1-3-8-22-15-7-5-12(17)9-11(15)4-6-14(21)16-13(18)10-20(2)19-16/h4-7,9-10H,3,8H2,1-2H3/b6-4+. The molecule has 116 valence electrons. The third-order valence-corrected chi connectivity index (χ3v) is 3.64. The van der Waals surface area contributed by atoms with Crippen LogP contribution in [0.5, 0.6) is 5.75 Å². The highest BCUT2D eigenvalue weighted by Crippen LogP contribution is 2.25. The van der Waals surface area contributed by atoms with Crippen molar-refractivity contribution in [3.05, 3.63) is 51.2 Å². The van der Waals surface area contributed by atoms with E-state index >= 15 is 0 Å². The van der Waals surface area contributed by atoms with Gasteiger partial charge in [-0.25, -0.2) is 0 Å². The molecule has 1 aromatic carbocycles. The van der Waals surface area contributed by atoms with Crippen LogP contribution < -0.4 is 4.74 Å². The second-order valence-corrected chi connectivity index (χ2v) is 6.05. The van der Waals surface area contributed by atoms with Gasteiger partial charge in [0.1, 0.15) is 5.75 Å². The van der Waals surface area contributed by atoms with Crippen LogP contribution in [0.15, 0.2) is 34.9 Å². The molecule has 0 amide bonds. The number of halogens is 2. The first-order valence-electron chi connectivity index (χ1n) is 6.85. The van der Waals surface area contributed by atoms with Crippen molar-refractivity contribution >= 4 is 39.4 Å². The van der Waals surface area contributed by atoms with Gasteiger partial charge in [0.25, 0.3) is 0 Å². The zero-order valence-electron chi connectivity index (χ0n) is 12.3. The summed E-state index contributed by atoms with van der Waals surface area (Å²) in [5.41, 5.74) is 1.06. The van der Waals surface area contributed by atoms with Crippen molar-refractivity contribution < 1.29 is 9.53 Å². The van der Waals surface area contributed by atoms with Crippen LogP contribution in [-0.2, 0) is 7.05 Å². The lowest BCUT2D eigenvalue weighted by molar-refractivity contribution is 0.104. The molecule has 2 rings (SSSR count). The molecule has 2 aromatic rings.